The van der Waals surface area contributed by atoms with Crippen LogP contribution in [0.1, 0.15) is 44.9 Å². The maximum atomic E-state index is 4.57. The Morgan fingerprint density at radius 3 is 2.87 bits per heavy atom. The predicted molar refractivity (Wildman–Crippen MR) is 62.9 cm³/mol. The van der Waals surface area contributed by atoms with Crippen molar-refractivity contribution in [1.82, 2.24) is 5.01 Å². The molecule has 0 radical (unpaired) electrons. The molecule has 0 spiro atoms. The summed E-state index contributed by atoms with van der Waals surface area (Å²) in [6, 6.07) is 1.37. The molecule has 0 amide bonds. The van der Waals surface area contributed by atoms with Gasteiger partial charge in [0.05, 0.1) is 12.1 Å². The fourth-order valence-electron chi connectivity index (χ4n) is 3.01. The molecular formula is C13H20N2. The lowest BCUT2D eigenvalue weighted by atomic mass is 10.0. The molecule has 2 heterocycles. The van der Waals surface area contributed by atoms with Crippen LogP contribution in [0.4, 0.5) is 0 Å². The summed E-state index contributed by atoms with van der Waals surface area (Å²) in [7, 11) is 0. The molecule has 0 aromatic rings. The van der Waals surface area contributed by atoms with E-state index < -0.39 is 0 Å². The van der Waals surface area contributed by atoms with E-state index in [1.54, 1.807) is 0 Å². The van der Waals surface area contributed by atoms with Crippen molar-refractivity contribution in [3.63, 3.8) is 0 Å². The molecule has 3 atom stereocenters. The summed E-state index contributed by atoms with van der Waals surface area (Å²) in [6.45, 7) is 0. The molecule has 2 nitrogen and oxygen atoms in total. The molecule has 0 aromatic heterocycles. The van der Waals surface area contributed by atoms with Crippen LogP contribution in [-0.2, 0) is 0 Å². The largest absolute Gasteiger partial charge is 0.287 e. The lowest BCUT2D eigenvalue weighted by Gasteiger charge is -2.30. The Bertz CT molecular complexity index is 282. The zero-order valence-electron chi connectivity index (χ0n) is 9.31. The van der Waals surface area contributed by atoms with Gasteiger partial charge in [-0.25, -0.2) is 0 Å². The fraction of sp³-hybridized carbons (Fsp3) is 0.769. The van der Waals surface area contributed by atoms with Crippen LogP contribution < -0.4 is 0 Å². The van der Waals surface area contributed by atoms with Gasteiger partial charge in [0.25, 0.3) is 0 Å². The first-order valence-electron chi connectivity index (χ1n) is 6.44. The van der Waals surface area contributed by atoms with E-state index in [1.165, 1.54) is 44.9 Å². The van der Waals surface area contributed by atoms with Gasteiger partial charge in [-0.15, -0.1) is 0 Å². The van der Waals surface area contributed by atoms with Crippen molar-refractivity contribution >= 4 is 6.21 Å². The van der Waals surface area contributed by atoms with E-state index in [0.717, 1.165) is 12.0 Å². The Morgan fingerprint density at radius 1 is 1.07 bits per heavy atom. The highest BCUT2D eigenvalue weighted by Crippen LogP contribution is 2.42. The zero-order valence-corrected chi connectivity index (χ0v) is 9.31. The minimum atomic E-state index is 0.600. The van der Waals surface area contributed by atoms with Crippen molar-refractivity contribution in [3.05, 3.63) is 12.2 Å². The third-order valence-corrected chi connectivity index (χ3v) is 4.01. The highest BCUT2D eigenvalue weighted by atomic mass is 15.5. The maximum Gasteiger partial charge on any atom is 0.0657 e. The number of rotatable bonds is 0. The highest BCUT2D eigenvalue weighted by molar-refractivity contribution is 5.71. The quantitative estimate of drug-likeness (QED) is 0.592. The van der Waals surface area contributed by atoms with Crippen molar-refractivity contribution in [2.75, 3.05) is 0 Å². The maximum absolute atomic E-state index is 4.57. The van der Waals surface area contributed by atoms with Crippen molar-refractivity contribution in [1.29, 1.82) is 0 Å². The van der Waals surface area contributed by atoms with E-state index in [4.69, 9.17) is 0 Å². The van der Waals surface area contributed by atoms with Crippen LogP contribution in [0.15, 0.2) is 17.3 Å². The SMILES string of the molecule is C1=CC2CCCCCCC3CC3N2N=C1. The summed E-state index contributed by atoms with van der Waals surface area (Å²) in [5.41, 5.74) is 0. The topological polar surface area (TPSA) is 15.6 Å². The van der Waals surface area contributed by atoms with Gasteiger partial charge in [-0.2, -0.15) is 5.10 Å². The van der Waals surface area contributed by atoms with Crippen molar-refractivity contribution in [3.8, 4) is 0 Å². The Balaban J connectivity index is 1.71. The lowest BCUT2D eigenvalue weighted by molar-refractivity contribution is 0.199. The van der Waals surface area contributed by atoms with Gasteiger partial charge in [0.2, 0.25) is 0 Å². The molecular weight excluding hydrogens is 184 g/mol. The molecule has 1 saturated heterocycles. The van der Waals surface area contributed by atoms with Gasteiger partial charge in [0, 0.05) is 6.21 Å². The normalized spacial score (nSPS) is 39.5. The zero-order chi connectivity index (χ0) is 10.1. The van der Waals surface area contributed by atoms with E-state index in [1.807, 2.05) is 6.21 Å². The van der Waals surface area contributed by atoms with Gasteiger partial charge in [-0.3, -0.25) is 5.01 Å². The van der Waals surface area contributed by atoms with Crippen LogP contribution in [0, 0.1) is 5.92 Å². The van der Waals surface area contributed by atoms with Gasteiger partial charge >= 0.3 is 0 Å². The van der Waals surface area contributed by atoms with E-state index in [2.05, 4.69) is 22.3 Å². The van der Waals surface area contributed by atoms with Crippen LogP contribution in [-0.4, -0.2) is 23.3 Å². The molecule has 82 valence electrons. The summed E-state index contributed by atoms with van der Waals surface area (Å²) in [5, 5.41) is 6.95. The van der Waals surface area contributed by atoms with Crippen LogP contribution in [0.3, 0.4) is 0 Å². The molecule has 1 saturated carbocycles. The first kappa shape index (κ1) is 9.44. The van der Waals surface area contributed by atoms with Crippen LogP contribution in [0.2, 0.25) is 0 Å². The van der Waals surface area contributed by atoms with E-state index in [0.29, 0.717) is 6.04 Å². The van der Waals surface area contributed by atoms with Crippen molar-refractivity contribution < 1.29 is 0 Å². The van der Waals surface area contributed by atoms with Crippen LogP contribution in [0.25, 0.3) is 0 Å². The second-order valence-electron chi connectivity index (χ2n) is 5.15. The summed E-state index contributed by atoms with van der Waals surface area (Å²) in [6.07, 6.45) is 16.2. The average Bonchev–Trinajstić information content (AvgIpc) is 3.04. The molecule has 3 aliphatic rings. The molecule has 0 N–H and O–H groups in total. The first-order chi connectivity index (χ1) is 7.45. The van der Waals surface area contributed by atoms with Gasteiger partial charge < -0.3 is 0 Å². The van der Waals surface area contributed by atoms with Crippen molar-refractivity contribution in [2.45, 2.75) is 57.0 Å². The molecule has 3 unspecified atom stereocenters. The third-order valence-electron chi connectivity index (χ3n) is 4.01. The average molecular weight is 204 g/mol. The first-order valence-corrected chi connectivity index (χ1v) is 6.44. The molecule has 15 heavy (non-hydrogen) atoms. The summed E-state index contributed by atoms with van der Waals surface area (Å²) >= 11 is 0. The number of nitrogens with zero attached hydrogens (tertiary/aromatic N) is 2. The van der Waals surface area contributed by atoms with Gasteiger partial charge in [0.1, 0.15) is 0 Å². The molecule has 2 aliphatic heterocycles. The molecule has 0 aromatic carbocycles. The number of hydrazone groups is 1. The monoisotopic (exact) mass is 204 g/mol. The summed E-state index contributed by atoms with van der Waals surface area (Å²) in [5.74, 6) is 0.953. The fourth-order valence-corrected chi connectivity index (χ4v) is 3.01. The standard InChI is InChI=1S/C13H20N2/c1-2-4-7-12-8-5-9-14-15(12)13-10-11(13)6-3-1/h5,8-9,11-13H,1-4,6-7,10H2. The number of fused-ring (bicyclic) bond motifs is 3. The minimum absolute atomic E-state index is 0.600. The number of hydrogen-bond donors (Lipinski definition) is 0. The molecule has 3 rings (SSSR count). The predicted octanol–water partition coefficient (Wildman–Crippen LogP) is 2.96. The molecule has 1 aliphatic carbocycles. The van der Waals surface area contributed by atoms with E-state index in [-0.39, 0.29) is 0 Å². The second-order valence-corrected chi connectivity index (χ2v) is 5.15. The number of hydrogen-bond acceptors (Lipinski definition) is 2. The Kier molecular flexibility index (Phi) is 2.51. The third kappa shape index (κ3) is 1.95. The van der Waals surface area contributed by atoms with E-state index >= 15 is 0 Å². The lowest BCUT2D eigenvalue weighted by Crippen LogP contribution is -2.34. The minimum Gasteiger partial charge on any atom is -0.287 e. The van der Waals surface area contributed by atoms with Crippen LogP contribution in [0.5, 0.6) is 0 Å². The summed E-state index contributed by atoms with van der Waals surface area (Å²) < 4.78 is 0. The molecule has 2 heteroatoms. The Morgan fingerprint density at radius 2 is 1.93 bits per heavy atom. The van der Waals surface area contributed by atoms with Gasteiger partial charge in [0.15, 0.2) is 0 Å². The molecule has 0 bridgehead atoms. The van der Waals surface area contributed by atoms with Gasteiger partial charge in [-0.1, -0.05) is 31.8 Å². The second kappa shape index (κ2) is 3.99. The van der Waals surface area contributed by atoms with E-state index in [9.17, 15) is 0 Å². The Labute approximate surface area is 92.0 Å². The summed E-state index contributed by atoms with van der Waals surface area (Å²) in [4.78, 5) is 0. The van der Waals surface area contributed by atoms with Crippen LogP contribution >= 0.6 is 0 Å². The van der Waals surface area contributed by atoms with Crippen molar-refractivity contribution in [2.24, 2.45) is 11.0 Å². The highest BCUT2D eigenvalue weighted by Gasteiger charge is 2.43. The smallest absolute Gasteiger partial charge is 0.0657 e. The van der Waals surface area contributed by atoms with Gasteiger partial charge in [-0.05, 0) is 31.3 Å². The number of allylic oxidation sites excluding steroid dienone is 1. The Hall–Kier alpha value is -0.790. The molecule has 2 fully saturated rings.